The Kier molecular flexibility index (Phi) is 9.59. The first-order chi connectivity index (χ1) is 19.3. The van der Waals surface area contributed by atoms with E-state index in [1.165, 1.54) is 7.11 Å². The first-order valence-corrected chi connectivity index (χ1v) is 13.7. The Morgan fingerprint density at radius 2 is 1.85 bits per heavy atom. The zero-order chi connectivity index (χ0) is 28.7. The van der Waals surface area contributed by atoms with Crippen LogP contribution in [0.25, 0.3) is 11.0 Å². The molecule has 0 unspecified atom stereocenters. The van der Waals surface area contributed by atoms with Crippen molar-refractivity contribution in [2.75, 3.05) is 53.6 Å². The van der Waals surface area contributed by atoms with Gasteiger partial charge in [-0.3, -0.25) is 14.5 Å². The second-order valence-electron chi connectivity index (χ2n) is 10.5. The first kappa shape index (κ1) is 29.3. The number of ether oxygens (including phenoxy) is 3. The topological polar surface area (TPSA) is 111 Å². The standard InChI is InChI=1S/C29H40N6O5/c1-6-29(2,3)30-28(37)26(21-10-9-13-24(38-4)27(21)39-5)34(15-14-33-16-18-40-19-17-33)25(36)20-35-23-12-8-7-11-22(23)31-32-35/h7-13,26H,6,14-20H2,1-5H3,(H,30,37)/t26-/m1/s1. The van der Waals surface area contributed by atoms with Crippen molar-refractivity contribution in [1.82, 2.24) is 30.1 Å². The maximum atomic E-state index is 14.2. The van der Waals surface area contributed by atoms with Gasteiger partial charge in [0.25, 0.3) is 0 Å². The van der Waals surface area contributed by atoms with Gasteiger partial charge in [-0.25, -0.2) is 4.68 Å². The Bertz CT molecular complexity index is 1300. The highest BCUT2D eigenvalue weighted by Gasteiger charge is 2.37. The third kappa shape index (κ3) is 6.71. The summed E-state index contributed by atoms with van der Waals surface area (Å²) < 4.78 is 18.4. The number of rotatable bonds is 12. The zero-order valence-corrected chi connectivity index (χ0v) is 24.1. The molecule has 11 nitrogen and oxygen atoms in total. The lowest BCUT2D eigenvalue weighted by molar-refractivity contribution is -0.142. The van der Waals surface area contributed by atoms with Crippen molar-refractivity contribution < 1.29 is 23.8 Å². The maximum absolute atomic E-state index is 14.2. The number of benzene rings is 2. The van der Waals surface area contributed by atoms with E-state index >= 15 is 0 Å². The van der Waals surface area contributed by atoms with Crippen LogP contribution in [0.3, 0.4) is 0 Å². The fourth-order valence-corrected chi connectivity index (χ4v) is 4.79. The second-order valence-corrected chi connectivity index (χ2v) is 10.5. The van der Waals surface area contributed by atoms with Crippen molar-refractivity contribution in [1.29, 1.82) is 0 Å². The van der Waals surface area contributed by atoms with Gasteiger partial charge < -0.3 is 24.4 Å². The molecule has 1 aromatic heterocycles. The molecule has 2 aromatic carbocycles. The molecule has 1 aliphatic rings. The molecular weight excluding hydrogens is 512 g/mol. The van der Waals surface area contributed by atoms with E-state index in [0.717, 1.165) is 18.6 Å². The number of methoxy groups -OCH3 is 2. The van der Waals surface area contributed by atoms with Gasteiger partial charge in [-0.15, -0.1) is 5.10 Å². The number of carbonyl (C=O) groups is 2. The predicted molar refractivity (Wildman–Crippen MR) is 151 cm³/mol. The number of hydrogen-bond donors (Lipinski definition) is 1. The summed E-state index contributed by atoms with van der Waals surface area (Å²) in [5, 5.41) is 11.6. The molecule has 1 atom stereocenters. The van der Waals surface area contributed by atoms with Crippen molar-refractivity contribution in [2.24, 2.45) is 0 Å². The largest absolute Gasteiger partial charge is 0.493 e. The molecule has 216 valence electrons. The predicted octanol–water partition coefficient (Wildman–Crippen LogP) is 2.66. The normalized spacial score (nSPS) is 15.0. The van der Waals surface area contributed by atoms with Crippen LogP contribution in [0.5, 0.6) is 11.5 Å². The van der Waals surface area contributed by atoms with E-state index in [4.69, 9.17) is 14.2 Å². The summed E-state index contributed by atoms with van der Waals surface area (Å²) in [5.41, 5.74) is 1.51. The van der Waals surface area contributed by atoms with Gasteiger partial charge in [0, 0.05) is 37.3 Å². The number of para-hydroxylation sites is 2. The van der Waals surface area contributed by atoms with E-state index in [0.29, 0.717) is 55.3 Å². The summed E-state index contributed by atoms with van der Waals surface area (Å²) >= 11 is 0. The van der Waals surface area contributed by atoms with Crippen LogP contribution in [0, 0.1) is 0 Å². The highest BCUT2D eigenvalue weighted by atomic mass is 16.5. The van der Waals surface area contributed by atoms with E-state index in [9.17, 15) is 9.59 Å². The number of fused-ring (bicyclic) bond motifs is 1. The number of aromatic nitrogens is 3. The highest BCUT2D eigenvalue weighted by Crippen LogP contribution is 2.37. The fourth-order valence-electron chi connectivity index (χ4n) is 4.79. The quantitative estimate of drug-likeness (QED) is 0.365. The SMILES string of the molecule is CCC(C)(C)NC(=O)[C@@H](c1cccc(OC)c1OC)N(CCN1CCOCC1)C(=O)Cn1nnc2ccccc21. The van der Waals surface area contributed by atoms with Crippen molar-refractivity contribution in [3.05, 3.63) is 48.0 Å². The van der Waals surface area contributed by atoms with Crippen LogP contribution in [-0.4, -0.2) is 95.8 Å². The van der Waals surface area contributed by atoms with Gasteiger partial charge in [-0.05, 0) is 38.5 Å². The smallest absolute Gasteiger partial charge is 0.248 e. The number of nitrogens with one attached hydrogen (secondary N) is 1. The van der Waals surface area contributed by atoms with Gasteiger partial charge in [-0.2, -0.15) is 0 Å². The van der Waals surface area contributed by atoms with Crippen LogP contribution in [0.1, 0.15) is 38.8 Å². The molecule has 11 heteroatoms. The summed E-state index contributed by atoms with van der Waals surface area (Å²) in [4.78, 5) is 32.2. The van der Waals surface area contributed by atoms with Gasteiger partial charge in [0.2, 0.25) is 11.8 Å². The van der Waals surface area contributed by atoms with Crippen molar-refractivity contribution in [2.45, 2.75) is 45.3 Å². The molecule has 3 aromatic rings. The first-order valence-electron chi connectivity index (χ1n) is 13.7. The summed E-state index contributed by atoms with van der Waals surface area (Å²) in [7, 11) is 3.09. The van der Waals surface area contributed by atoms with Crippen LogP contribution in [0.15, 0.2) is 42.5 Å². The molecule has 0 saturated carbocycles. The lowest BCUT2D eigenvalue weighted by Crippen LogP contribution is -2.52. The molecule has 40 heavy (non-hydrogen) atoms. The molecule has 1 fully saturated rings. The monoisotopic (exact) mass is 552 g/mol. The minimum Gasteiger partial charge on any atom is -0.493 e. The van der Waals surface area contributed by atoms with E-state index in [2.05, 4.69) is 20.5 Å². The average Bonchev–Trinajstić information content (AvgIpc) is 3.37. The minimum absolute atomic E-state index is 0.0726. The lowest BCUT2D eigenvalue weighted by atomic mass is 9.97. The number of nitrogens with zero attached hydrogens (tertiary/aromatic N) is 5. The molecule has 0 spiro atoms. The Labute approximate surface area is 235 Å². The van der Waals surface area contributed by atoms with Gasteiger partial charge in [-0.1, -0.05) is 36.4 Å². The van der Waals surface area contributed by atoms with Gasteiger partial charge >= 0.3 is 0 Å². The summed E-state index contributed by atoms with van der Waals surface area (Å²) in [6.45, 7) is 9.56. The summed E-state index contributed by atoms with van der Waals surface area (Å²) in [5.74, 6) is 0.339. The van der Waals surface area contributed by atoms with Crippen LogP contribution in [-0.2, 0) is 20.9 Å². The fraction of sp³-hybridized carbons (Fsp3) is 0.517. The van der Waals surface area contributed by atoms with Crippen molar-refractivity contribution in [3.8, 4) is 11.5 Å². The molecule has 4 rings (SSSR count). The molecular formula is C29H40N6O5. The molecule has 2 amide bonds. The number of hydrogen-bond acceptors (Lipinski definition) is 8. The average molecular weight is 553 g/mol. The van der Waals surface area contributed by atoms with E-state index in [-0.39, 0.29) is 18.4 Å². The molecule has 0 radical (unpaired) electrons. The second kappa shape index (κ2) is 13.1. The third-order valence-corrected chi connectivity index (χ3v) is 7.42. The Morgan fingerprint density at radius 1 is 1.10 bits per heavy atom. The van der Waals surface area contributed by atoms with Crippen LogP contribution < -0.4 is 14.8 Å². The highest BCUT2D eigenvalue weighted by molar-refractivity contribution is 5.90. The van der Waals surface area contributed by atoms with Gasteiger partial charge in [0.15, 0.2) is 11.5 Å². The van der Waals surface area contributed by atoms with Gasteiger partial charge in [0.1, 0.15) is 18.1 Å². The maximum Gasteiger partial charge on any atom is 0.248 e. The van der Waals surface area contributed by atoms with Crippen molar-refractivity contribution >= 4 is 22.8 Å². The summed E-state index contributed by atoms with van der Waals surface area (Å²) in [6, 6.07) is 11.9. The van der Waals surface area contributed by atoms with Crippen LogP contribution in [0.4, 0.5) is 0 Å². The molecule has 1 N–H and O–H groups in total. The number of amides is 2. The van der Waals surface area contributed by atoms with E-state index in [1.807, 2.05) is 51.1 Å². The number of morpholine rings is 1. The Hall–Kier alpha value is -3.70. The number of carbonyl (C=O) groups excluding carboxylic acids is 2. The molecule has 1 aliphatic heterocycles. The molecule has 2 heterocycles. The van der Waals surface area contributed by atoms with Crippen LogP contribution in [0.2, 0.25) is 0 Å². The minimum atomic E-state index is -0.973. The lowest BCUT2D eigenvalue weighted by Gasteiger charge is -2.37. The Balaban J connectivity index is 1.76. The van der Waals surface area contributed by atoms with Gasteiger partial charge in [0.05, 0.1) is 33.0 Å². The van der Waals surface area contributed by atoms with Crippen molar-refractivity contribution in [3.63, 3.8) is 0 Å². The molecule has 0 bridgehead atoms. The van der Waals surface area contributed by atoms with Crippen LogP contribution >= 0.6 is 0 Å². The third-order valence-electron chi connectivity index (χ3n) is 7.42. The van der Waals surface area contributed by atoms with E-state index in [1.54, 1.807) is 28.8 Å². The molecule has 0 aliphatic carbocycles. The molecule has 1 saturated heterocycles. The zero-order valence-electron chi connectivity index (χ0n) is 24.1. The summed E-state index contributed by atoms with van der Waals surface area (Å²) in [6.07, 6.45) is 0.716. The van der Waals surface area contributed by atoms with E-state index < -0.39 is 11.6 Å². The Morgan fingerprint density at radius 3 is 2.55 bits per heavy atom.